The molecule has 1 aliphatic rings. The maximum absolute atomic E-state index is 14.2. The number of halogens is 2. The van der Waals surface area contributed by atoms with Crippen LogP contribution in [-0.2, 0) is 13.1 Å². The monoisotopic (exact) mass is 539 g/mol. The van der Waals surface area contributed by atoms with Crippen LogP contribution in [0.2, 0.25) is 0 Å². The van der Waals surface area contributed by atoms with Crippen LogP contribution in [0.5, 0.6) is 0 Å². The number of piperidine rings is 1. The molecule has 0 atom stereocenters. The van der Waals surface area contributed by atoms with Crippen molar-refractivity contribution in [3.8, 4) is 0 Å². The van der Waals surface area contributed by atoms with Crippen molar-refractivity contribution in [2.45, 2.75) is 38.9 Å². The molecule has 0 radical (unpaired) electrons. The molecule has 170 valence electrons. The second-order valence-corrected chi connectivity index (χ2v) is 8.06. The lowest BCUT2D eigenvalue weighted by molar-refractivity contribution is 0.198. The van der Waals surface area contributed by atoms with E-state index in [2.05, 4.69) is 57.8 Å². The van der Waals surface area contributed by atoms with Crippen molar-refractivity contribution in [1.29, 1.82) is 0 Å². The molecule has 0 spiro atoms. The van der Waals surface area contributed by atoms with Crippen LogP contribution in [0.3, 0.4) is 0 Å². The Kier molecular flexibility index (Phi) is 10.5. The Balaban J connectivity index is 0.00000341. The first kappa shape index (κ1) is 25.4. The molecule has 1 saturated heterocycles. The smallest absolute Gasteiger partial charge is 0.191 e. The number of nitrogens with one attached hydrogen (secondary N) is 2. The SMILES string of the molecule is CCNC(=NCc1ccc(N(C)C)c(F)c1)NC1CCN(Cc2ccccc2)CC1.I. The molecule has 3 rings (SSSR count). The average molecular weight is 539 g/mol. The van der Waals surface area contributed by atoms with Gasteiger partial charge in [-0.25, -0.2) is 9.38 Å². The molecule has 0 amide bonds. The van der Waals surface area contributed by atoms with Gasteiger partial charge in [0.05, 0.1) is 12.2 Å². The van der Waals surface area contributed by atoms with Crippen LogP contribution in [0, 0.1) is 5.82 Å². The summed E-state index contributed by atoms with van der Waals surface area (Å²) in [7, 11) is 3.68. The highest BCUT2D eigenvalue weighted by atomic mass is 127. The quantitative estimate of drug-likeness (QED) is 0.314. The lowest BCUT2D eigenvalue weighted by atomic mass is 10.0. The molecule has 2 aromatic rings. The van der Waals surface area contributed by atoms with E-state index in [0.717, 1.165) is 50.5 Å². The molecule has 2 aromatic carbocycles. The highest BCUT2D eigenvalue weighted by Gasteiger charge is 2.20. The van der Waals surface area contributed by atoms with Crippen molar-refractivity contribution in [3.63, 3.8) is 0 Å². The minimum atomic E-state index is -0.212. The van der Waals surface area contributed by atoms with E-state index in [9.17, 15) is 4.39 Å². The van der Waals surface area contributed by atoms with Crippen molar-refractivity contribution in [1.82, 2.24) is 15.5 Å². The van der Waals surface area contributed by atoms with Crippen molar-refractivity contribution >= 4 is 35.6 Å². The molecular formula is C24H35FIN5. The molecule has 7 heteroatoms. The maximum Gasteiger partial charge on any atom is 0.191 e. The minimum absolute atomic E-state index is 0. The van der Waals surface area contributed by atoms with Gasteiger partial charge >= 0.3 is 0 Å². The van der Waals surface area contributed by atoms with Gasteiger partial charge in [-0.1, -0.05) is 36.4 Å². The Labute approximate surface area is 203 Å². The summed E-state index contributed by atoms with van der Waals surface area (Å²) < 4.78 is 14.2. The second kappa shape index (κ2) is 12.9. The van der Waals surface area contributed by atoms with Crippen LogP contribution in [0.1, 0.15) is 30.9 Å². The first-order chi connectivity index (χ1) is 14.5. The zero-order valence-electron chi connectivity index (χ0n) is 18.8. The third kappa shape index (κ3) is 7.96. The molecule has 1 aliphatic heterocycles. The Hall–Kier alpha value is -1.87. The predicted octanol–water partition coefficient (Wildman–Crippen LogP) is 4.23. The lowest BCUT2D eigenvalue weighted by Gasteiger charge is -2.33. The van der Waals surface area contributed by atoms with Crippen molar-refractivity contribution in [2.75, 3.05) is 38.6 Å². The molecule has 0 aliphatic carbocycles. The number of aliphatic imine (C=N–C) groups is 1. The number of benzene rings is 2. The van der Waals surface area contributed by atoms with Gasteiger partial charge in [-0.2, -0.15) is 0 Å². The summed E-state index contributed by atoms with van der Waals surface area (Å²) in [6, 6.07) is 16.4. The summed E-state index contributed by atoms with van der Waals surface area (Å²) >= 11 is 0. The van der Waals surface area contributed by atoms with Crippen LogP contribution in [-0.4, -0.2) is 50.6 Å². The number of anilines is 1. The Bertz CT molecular complexity index is 820. The zero-order chi connectivity index (χ0) is 21.3. The van der Waals surface area contributed by atoms with Crippen LogP contribution < -0.4 is 15.5 Å². The van der Waals surface area contributed by atoms with Gasteiger partial charge in [0.25, 0.3) is 0 Å². The number of likely N-dealkylation sites (tertiary alicyclic amines) is 1. The summed E-state index contributed by atoms with van der Waals surface area (Å²) in [5, 5.41) is 6.88. The molecule has 0 aromatic heterocycles. The first-order valence-electron chi connectivity index (χ1n) is 10.8. The van der Waals surface area contributed by atoms with E-state index < -0.39 is 0 Å². The second-order valence-electron chi connectivity index (χ2n) is 8.06. The normalized spacial score (nSPS) is 15.3. The Morgan fingerprint density at radius 3 is 2.42 bits per heavy atom. The van der Waals surface area contributed by atoms with E-state index in [-0.39, 0.29) is 29.8 Å². The molecular weight excluding hydrogens is 504 g/mol. The summed E-state index contributed by atoms with van der Waals surface area (Å²) in [5.74, 6) is 0.590. The molecule has 5 nitrogen and oxygen atoms in total. The minimum Gasteiger partial charge on any atom is -0.375 e. The molecule has 0 unspecified atom stereocenters. The van der Waals surface area contributed by atoms with E-state index in [1.54, 1.807) is 11.0 Å². The molecule has 0 saturated carbocycles. The number of hydrogen-bond donors (Lipinski definition) is 2. The van der Waals surface area contributed by atoms with Gasteiger partial charge < -0.3 is 15.5 Å². The Morgan fingerprint density at radius 1 is 1.10 bits per heavy atom. The summed E-state index contributed by atoms with van der Waals surface area (Å²) in [6.45, 7) is 6.47. The molecule has 0 bridgehead atoms. The van der Waals surface area contributed by atoms with Crippen LogP contribution in [0.25, 0.3) is 0 Å². The van der Waals surface area contributed by atoms with Crippen molar-refractivity contribution < 1.29 is 4.39 Å². The van der Waals surface area contributed by atoms with Gasteiger partial charge in [0, 0.05) is 46.3 Å². The van der Waals surface area contributed by atoms with Crippen molar-refractivity contribution in [3.05, 3.63) is 65.5 Å². The van der Waals surface area contributed by atoms with Crippen LogP contribution >= 0.6 is 24.0 Å². The highest BCUT2D eigenvalue weighted by molar-refractivity contribution is 14.0. The largest absolute Gasteiger partial charge is 0.375 e. The number of rotatable bonds is 7. The van der Waals surface area contributed by atoms with E-state index in [1.807, 2.05) is 26.2 Å². The fourth-order valence-electron chi connectivity index (χ4n) is 3.77. The van der Waals surface area contributed by atoms with E-state index in [4.69, 9.17) is 0 Å². The number of guanidine groups is 1. The lowest BCUT2D eigenvalue weighted by Crippen LogP contribution is -2.48. The van der Waals surface area contributed by atoms with E-state index in [1.165, 1.54) is 5.56 Å². The van der Waals surface area contributed by atoms with E-state index >= 15 is 0 Å². The van der Waals surface area contributed by atoms with Crippen LogP contribution in [0.15, 0.2) is 53.5 Å². The topological polar surface area (TPSA) is 42.9 Å². The average Bonchev–Trinajstić information content (AvgIpc) is 2.74. The van der Waals surface area contributed by atoms with Gasteiger partial charge in [0.1, 0.15) is 5.82 Å². The summed E-state index contributed by atoms with van der Waals surface area (Å²) in [4.78, 5) is 8.96. The maximum atomic E-state index is 14.2. The third-order valence-electron chi connectivity index (χ3n) is 5.44. The number of nitrogens with zero attached hydrogens (tertiary/aromatic N) is 3. The zero-order valence-corrected chi connectivity index (χ0v) is 21.1. The molecule has 2 N–H and O–H groups in total. The standard InChI is InChI=1S/C24H34FN5.HI/c1-4-26-24(27-17-20-10-11-23(29(2)3)22(25)16-20)28-21-12-14-30(15-13-21)18-19-8-6-5-7-9-19;/h5-11,16,21H,4,12-15,17-18H2,1-3H3,(H2,26,27,28);1H. The fourth-order valence-corrected chi connectivity index (χ4v) is 3.77. The van der Waals surface area contributed by atoms with Gasteiger partial charge in [-0.3, -0.25) is 4.90 Å². The predicted molar refractivity (Wildman–Crippen MR) is 139 cm³/mol. The third-order valence-corrected chi connectivity index (χ3v) is 5.44. The fraction of sp³-hybridized carbons (Fsp3) is 0.458. The highest BCUT2D eigenvalue weighted by Crippen LogP contribution is 2.19. The van der Waals surface area contributed by atoms with E-state index in [0.29, 0.717) is 18.3 Å². The van der Waals surface area contributed by atoms with Gasteiger partial charge in [0.2, 0.25) is 0 Å². The molecule has 31 heavy (non-hydrogen) atoms. The summed E-state index contributed by atoms with van der Waals surface area (Å²) in [6.07, 6.45) is 2.17. The molecule has 1 heterocycles. The van der Waals surface area contributed by atoms with Gasteiger partial charge in [-0.05, 0) is 43.0 Å². The Morgan fingerprint density at radius 2 is 1.81 bits per heavy atom. The van der Waals surface area contributed by atoms with Gasteiger partial charge in [0.15, 0.2) is 5.96 Å². The number of hydrogen-bond acceptors (Lipinski definition) is 3. The van der Waals surface area contributed by atoms with Crippen molar-refractivity contribution in [2.24, 2.45) is 4.99 Å². The first-order valence-corrected chi connectivity index (χ1v) is 10.8. The van der Waals surface area contributed by atoms with Crippen LogP contribution in [0.4, 0.5) is 10.1 Å². The summed E-state index contributed by atoms with van der Waals surface area (Å²) in [5.41, 5.74) is 2.83. The molecule has 1 fully saturated rings. The van der Waals surface area contributed by atoms with Gasteiger partial charge in [-0.15, -0.1) is 24.0 Å².